The number of rotatable bonds is 12. The SMILES string of the molecule is CC(=O)CCC(=O)CCC(=O)CCCOCC1CO1. The Morgan fingerprint density at radius 2 is 1.63 bits per heavy atom. The Bertz CT molecular complexity index is 320. The minimum Gasteiger partial charge on any atom is -0.379 e. The number of hydrogen-bond donors (Lipinski definition) is 0. The van der Waals surface area contributed by atoms with E-state index in [0.717, 1.165) is 6.61 Å². The van der Waals surface area contributed by atoms with Crippen molar-refractivity contribution in [1.82, 2.24) is 0 Å². The third-order valence-electron chi connectivity index (χ3n) is 2.89. The molecule has 0 aromatic rings. The molecule has 1 heterocycles. The second-order valence-electron chi connectivity index (χ2n) is 4.91. The molecule has 0 aromatic heterocycles. The van der Waals surface area contributed by atoms with Gasteiger partial charge >= 0.3 is 0 Å². The Kier molecular flexibility index (Phi) is 7.52. The van der Waals surface area contributed by atoms with Crippen LogP contribution in [-0.4, -0.2) is 43.3 Å². The van der Waals surface area contributed by atoms with Crippen LogP contribution in [0.1, 0.15) is 45.4 Å². The van der Waals surface area contributed by atoms with Gasteiger partial charge in [-0.2, -0.15) is 0 Å². The number of carbonyl (C=O) groups excluding carboxylic acids is 3. The van der Waals surface area contributed by atoms with Crippen molar-refractivity contribution in [2.45, 2.75) is 51.6 Å². The van der Waals surface area contributed by atoms with Gasteiger partial charge in [0, 0.05) is 38.7 Å². The summed E-state index contributed by atoms with van der Waals surface area (Å²) in [6, 6.07) is 0. The van der Waals surface area contributed by atoms with Crippen LogP contribution < -0.4 is 0 Å². The van der Waals surface area contributed by atoms with Crippen LogP contribution in [-0.2, 0) is 23.9 Å². The Morgan fingerprint density at radius 1 is 1.05 bits per heavy atom. The van der Waals surface area contributed by atoms with E-state index >= 15 is 0 Å². The van der Waals surface area contributed by atoms with Crippen LogP contribution >= 0.6 is 0 Å². The molecule has 0 N–H and O–H groups in total. The van der Waals surface area contributed by atoms with Crippen LogP contribution in [0.15, 0.2) is 0 Å². The van der Waals surface area contributed by atoms with E-state index < -0.39 is 0 Å². The van der Waals surface area contributed by atoms with Gasteiger partial charge in [-0.1, -0.05) is 0 Å². The predicted octanol–water partition coefficient (Wildman–Crippen LogP) is 1.47. The zero-order valence-corrected chi connectivity index (χ0v) is 11.5. The van der Waals surface area contributed by atoms with Gasteiger partial charge in [0.25, 0.3) is 0 Å². The third kappa shape index (κ3) is 9.50. The van der Waals surface area contributed by atoms with Crippen LogP contribution in [0.4, 0.5) is 0 Å². The smallest absolute Gasteiger partial charge is 0.133 e. The van der Waals surface area contributed by atoms with Gasteiger partial charge < -0.3 is 14.3 Å². The van der Waals surface area contributed by atoms with E-state index in [9.17, 15) is 14.4 Å². The molecule has 0 bridgehead atoms. The number of hydrogen-bond acceptors (Lipinski definition) is 5. The molecular weight excluding hydrogens is 248 g/mol. The van der Waals surface area contributed by atoms with Crippen LogP contribution in [0.25, 0.3) is 0 Å². The van der Waals surface area contributed by atoms with Gasteiger partial charge in [-0.25, -0.2) is 0 Å². The highest BCUT2D eigenvalue weighted by atomic mass is 16.6. The van der Waals surface area contributed by atoms with Crippen LogP contribution in [0.5, 0.6) is 0 Å². The molecular formula is C14H22O5. The molecule has 1 unspecified atom stereocenters. The molecule has 0 saturated carbocycles. The Morgan fingerprint density at radius 3 is 2.21 bits per heavy atom. The molecule has 1 fully saturated rings. The fraction of sp³-hybridized carbons (Fsp3) is 0.786. The second-order valence-corrected chi connectivity index (χ2v) is 4.91. The van der Waals surface area contributed by atoms with Crippen LogP contribution in [0.2, 0.25) is 0 Å². The average Bonchev–Trinajstić information content (AvgIpc) is 3.17. The first kappa shape index (κ1) is 16.0. The van der Waals surface area contributed by atoms with E-state index in [1.165, 1.54) is 6.92 Å². The largest absolute Gasteiger partial charge is 0.379 e. The topological polar surface area (TPSA) is 73.0 Å². The molecule has 1 aliphatic rings. The van der Waals surface area contributed by atoms with Crippen molar-refractivity contribution in [2.75, 3.05) is 19.8 Å². The average molecular weight is 270 g/mol. The minimum absolute atomic E-state index is 0.00863. The van der Waals surface area contributed by atoms with Gasteiger partial charge in [0.05, 0.1) is 13.2 Å². The second kappa shape index (κ2) is 8.93. The predicted molar refractivity (Wildman–Crippen MR) is 69.0 cm³/mol. The van der Waals surface area contributed by atoms with Crippen LogP contribution in [0.3, 0.4) is 0 Å². The summed E-state index contributed by atoms with van der Waals surface area (Å²) in [7, 11) is 0. The fourth-order valence-corrected chi connectivity index (χ4v) is 1.59. The first-order valence-electron chi connectivity index (χ1n) is 6.80. The van der Waals surface area contributed by atoms with Gasteiger partial charge in [0.1, 0.15) is 23.5 Å². The zero-order valence-electron chi connectivity index (χ0n) is 11.5. The highest BCUT2D eigenvalue weighted by Crippen LogP contribution is 2.09. The summed E-state index contributed by atoms with van der Waals surface area (Å²) < 4.78 is 10.3. The quantitative estimate of drug-likeness (QED) is 0.396. The normalized spacial score (nSPS) is 17.2. The lowest BCUT2D eigenvalue weighted by molar-refractivity contribution is -0.125. The van der Waals surface area contributed by atoms with Crippen molar-refractivity contribution in [3.8, 4) is 0 Å². The van der Waals surface area contributed by atoms with Gasteiger partial charge in [-0.05, 0) is 13.3 Å². The first-order valence-corrected chi connectivity index (χ1v) is 6.80. The molecule has 1 rings (SSSR count). The molecule has 19 heavy (non-hydrogen) atoms. The highest BCUT2D eigenvalue weighted by molar-refractivity contribution is 5.88. The molecule has 0 amide bonds. The maximum Gasteiger partial charge on any atom is 0.133 e. The summed E-state index contributed by atoms with van der Waals surface area (Å²) in [5.74, 6) is 0.0876. The first-order chi connectivity index (χ1) is 9.08. The Balaban J connectivity index is 1.91. The number of ether oxygens (including phenoxy) is 2. The van der Waals surface area contributed by atoms with Gasteiger partial charge in [0.2, 0.25) is 0 Å². The number of carbonyl (C=O) groups is 3. The van der Waals surface area contributed by atoms with Crippen molar-refractivity contribution in [3.63, 3.8) is 0 Å². The molecule has 1 atom stereocenters. The lowest BCUT2D eigenvalue weighted by Gasteiger charge is -2.02. The van der Waals surface area contributed by atoms with E-state index in [0.29, 0.717) is 26.1 Å². The number of epoxide rings is 1. The van der Waals surface area contributed by atoms with E-state index in [1.54, 1.807) is 0 Å². The summed E-state index contributed by atoms with van der Waals surface area (Å²) in [5, 5.41) is 0. The van der Waals surface area contributed by atoms with Crippen molar-refractivity contribution in [1.29, 1.82) is 0 Å². The summed E-state index contributed by atoms with van der Waals surface area (Å²) in [5.41, 5.74) is 0. The minimum atomic E-state index is -0.00863. The maximum absolute atomic E-state index is 11.5. The molecule has 5 heteroatoms. The zero-order chi connectivity index (χ0) is 14.1. The highest BCUT2D eigenvalue weighted by Gasteiger charge is 2.22. The van der Waals surface area contributed by atoms with Gasteiger partial charge in [-0.15, -0.1) is 0 Å². The molecule has 1 aliphatic heterocycles. The van der Waals surface area contributed by atoms with E-state index in [2.05, 4.69) is 0 Å². The van der Waals surface area contributed by atoms with Gasteiger partial charge in [-0.3, -0.25) is 9.59 Å². The lowest BCUT2D eigenvalue weighted by atomic mass is 10.1. The molecule has 0 aliphatic carbocycles. The van der Waals surface area contributed by atoms with Gasteiger partial charge in [0.15, 0.2) is 0 Å². The standard InChI is InChI=1S/C14H22O5/c1-11(15)4-5-13(17)7-6-12(16)3-2-8-18-9-14-10-19-14/h14H,2-10H2,1H3. The van der Waals surface area contributed by atoms with Crippen molar-refractivity contribution in [2.24, 2.45) is 0 Å². The Labute approximate surface area is 113 Å². The summed E-state index contributed by atoms with van der Waals surface area (Å²) in [4.78, 5) is 33.6. The van der Waals surface area contributed by atoms with Crippen LogP contribution in [0, 0.1) is 0 Å². The fourth-order valence-electron chi connectivity index (χ4n) is 1.59. The molecule has 1 saturated heterocycles. The van der Waals surface area contributed by atoms with Crippen molar-refractivity contribution in [3.05, 3.63) is 0 Å². The summed E-state index contributed by atoms with van der Waals surface area (Å²) >= 11 is 0. The molecule has 108 valence electrons. The van der Waals surface area contributed by atoms with E-state index in [4.69, 9.17) is 9.47 Å². The number of Topliss-reactive ketones (excluding diaryl/α,β-unsaturated/α-hetero) is 3. The molecule has 0 aromatic carbocycles. The van der Waals surface area contributed by atoms with Crippen molar-refractivity contribution >= 4 is 17.3 Å². The third-order valence-corrected chi connectivity index (χ3v) is 2.89. The van der Waals surface area contributed by atoms with E-state index in [-0.39, 0.29) is 49.1 Å². The number of ketones is 3. The molecule has 0 spiro atoms. The lowest BCUT2D eigenvalue weighted by Crippen LogP contribution is -2.08. The molecule has 5 nitrogen and oxygen atoms in total. The summed E-state index contributed by atoms with van der Waals surface area (Å²) in [6.07, 6.45) is 2.47. The molecule has 0 radical (unpaired) electrons. The summed E-state index contributed by atoms with van der Waals surface area (Å²) in [6.45, 7) is 3.41. The van der Waals surface area contributed by atoms with Crippen molar-refractivity contribution < 1.29 is 23.9 Å². The van der Waals surface area contributed by atoms with E-state index in [1.807, 2.05) is 0 Å². The Hall–Kier alpha value is -1.07. The monoisotopic (exact) mass is 270 g/mol. The maximum atomic E-state index is 11.5.